The van der Waals surface area contributed by atoms with E-state index in [1.165, 1.54) is 0 Å². The topological polar surface area (TPSA) is 40.5 Å². The average Bonchev–Trinajstić information content (AvgIpc) is 1.98. The van der Waals surface area contributed by atoms with Gasteiger partial charge in [0.15, 0.2) is 0 Å². The number of hydrogen-bond acceptors (Lipinski definition) is 2. The molecule has 0 bridgehead atoms. The van der Waals surface area contributed by atoms with Crippen molar-refractivity contribution in [2.75, 3.05) is 13.1 Å². The summed E-state index contributed by atoms with van der Waals surface area (Å²) in [6.45, 7) is 6.36. The van der Waals surface area contributed by atoms with E-state index in [0.717, 1.165) is 0 Å². The molecule has 1 aliphatic rings. The van der Waals surface area contributed by atoms with Crippen LogP contribution >= 0.6 is 0 Å². The molecule has 0 aromatic heterocycles. The Labute approximate surface area is 78.7 Å². The monoisotopic (exact) mass is 181 g/mol. The van der Waals surface area contributed by atoms with Crippen molar-refractivity contribution in [1.29, 1.82) is 0 Å². The molecule has 1 N–H and O–H groups in total. The van der Waals surface area contributed by atoms with Crippen LogP contribution in [0.15, 0.2) is 0 Å². The Hall–Kier alpha value is -1.01. The molecule has 0 saturated carbocycles. The summed E-state index contributed by atoms with van der Waals surface area (Å²) >= 11 is 0. The fourth-order valence-corrected chi connectivity index (χ4v) is 1.31. The number of rotatable bonds is 1. The van der Waals surface area contributed by atoms with Gasteiger partial charge in [-0.1, -0.05) is 19.8 Å². The van der Waals surface area contributed by atoms with Crippen LogP contribution in [0.5, 0.6) is 0 Å². The molecule has 0 atom stereocenters. The Kier molecular flexibility index (Phi) is 2.63. The van der Waals surface area contributed by atoms with E-state index in [0.29, 0.717) is 13.1 Å². The zero-order chi connectivity index (χ0) is 10.1. The van der Waals surface area contributed by atoms with Crippen molar-refractivity contribution in [2.45, 2.75) is 26.4 Å². The molecule has 1 aliphatic heterocycles. The number of hydrogen-bond donors (Lipinski definition) is 1. The summed E-state index contributed by atoms with van der Waals surface area (Å²) < 4.78 is 0. The molecule has 13 heavy (non-hydrogen) atoms. The lowest BCUT2D eigenvalue weighted by atomic mass is 9.83. The Morgan fingerprint density at radius 2 is 2.08 bits per heavy atom. The predicted molar refractivity (Wildman–Crippen MR) is 49.8 cm³/mol. The molecule has 3 heteroatoms. The minimum atomic E-state index is -0.689. The van der Waals surface area contributed by atoms with Crippen molar-refractivity contribution in [1.82, 2.24) is 4.90 Å². The summed E-state index contributed by atoms with van der Waals surface area (Å²) in [5, 5.41) is 9.83. The fraction of sp³-hybridized carbons (Fsp3) is 0.700. The van der Waals surface area contributed by atoms with E-state index < -0.39 is 5.60 Å². The van der Waals surface area contributed by atoms with E-state index in [2.05, 4.69) is 11.8 Å². The highest BCUT2D eigenvalue weighted by Crippen LogP contribution is 2.28. The molecule has 0 unspecified atom stereocenters. The maximum absolute atomic E-state index is 11.2. The number of β-amino-alcohol motifs (C(OH)–C–C–N with tert-alkyl or cyclic N) is 1. The van der Waals surface area contributed by atoms with Crippen molar-refractivity contribution in [3.8, 4) is 11.8 Å². The van der Waals surface area contributed by atoms with Gasteiger partial charge in [0.2, 0.25) is 0 Å². The molecule has 0 aliphatic carbocycles. The van der Waals surface area contributed by atoms with Crippen LogP contribution in [0.2, 0.25) is 0 Å². The lowest BCUT2D eigenvalue weighted by molar-refractivity contribution is -0.158. The van der Waals surface area contributed by atoms with Gasteiger partial charge in [-0.05, 0) is 18.8 Å². The molecule has 1 rings (SSSR count). The Morgan fingerprint density at radius 3 is 2.46 bits per heavy atom. The first-order valence-electron chi connectivity index (χ1n) is 4.43. The van der Waals surface area contributed by atoms with E-state index in [1.807, 2.05) is 13.8 Å². The van der Waals surface area contributed by atoms with Gasteiger partial charge in [0.1, 0.15) is 5.60 Å². The summed E-state index contributed by atoms with van der Waals surface area (Å²) in [7, 11) is 0. The van der Waals surface area contributed by atoms with Gasteiger partial charge in [0, 0.05) is 0 Å². The van der Waals surface area contributed by atoms with Crippen LogP contribution in [0.3, 0.4) is 0 Å². The SMILES string of the molecule is CC#CC(=O)N1CC(O)(C(C)C)C1. The molecule has 1 fully saturated rings. The summed E-state index contributed by atoms with van der Waals surface area (Å²) in [6, 6.07) is 0. The molecule has 0 aromatic rings. The summed E-state index contributed by atoms with van der Waals surface area (Å²) in [5.41, 5.74) is -0.689. The third-order valence-electron chi connectivity index (χ3n) is 2.52. The number of nitrogens with zero attached hydrogens (tertiary/aromatic N) is 1. The van der Waals surface area contributed by atoms with Crippen LogP contribution in [-0.2, 0) is 4.79 Å². The zero-order valence-corrected chi connectivity index (χ0v) is 8.29. The minimum absolute atomic E-state index is 0.186. The Balaban J connectivity index is 2.48. The van der Waals surface area contributed by atoms with E-state index in [1.54, 1.807) is 11.8 Å². The summed E-state index contributed by atoms with van der Waals surface area (Å²) in [6.07, 6.45) is 0. The van der Waals surface area contributed by atoms with Gasteiger partial charge in [-0.2, -0.15) is 0 Å². The van der Waals surface area contributed by atoms with Gasteiger partial charge >= 0.3 is 0 Å². The van der Waals surface area contributed by atoms with Crippen LogP contribution in [0.25, 0.3) is 0 Å². The first-order valence-corrected chi connectivity index (χ1v) is 4.43. The van der Waals surface area contributed by atoms with Crippen LogP contribution in [0.4, 0.5) is 0 Å². The maximum atomic E-state index is 11.2. The van der Waals surface area contributed by atoms with Gasteiger partial charge in [0.05, 0.1) is 13.1 Å². The molecule has 1 heterocycles. The highest BCUT2D eigenvalue weighted by molar-refractivity contribution is 5.94. The largest absolute Gasteiger partial charge is 0.386 e. The Morgan fingerprint density at radius 1 is 1.54 bits per heavy atom. The van der Waals surface area contributed by atoms with Crippen molar-refractivity contribution in [3.63, 3.8) is 0 Å². The van der Waals surface area contributed by atoms with Gasteiger partial charge in [0.25, 0.3) is 5.91 Å². The number of likely N-dealkylation sites (tertiary alicyclic amines) is 1. The number of amides is 1. The summed E-state index contributed by atoms with van der Waals surface area (Å²) in [5.74, 6) is 5.00. The van der Waals surface area contributed by atoms with Gasteiger partial charge in [-0.15, -0.1) is 0 Å². The smallest absolute Gasteiger partial charge is 0.298 e. The first kappa shape index (κ1) is 10.1. The van der Waals surface area contributed by atoms with Crippen LogP contribution in [0.1, 0.15) is 20.8 Å². The molecule has 0 aromatic carbocycles. The van der Waals surface area contributed by atoms with E-state index >= 15 is 0 Å². The maximum Gasteiger partial charge on any atom is 0.298 e. The van der Waals surface area contributed by atoms with Crippen LogP contribution < -0.4 is 0 Å². The second-order valence-electron chi connectivity index (χ2n) is 3.79. The van der Waals surface area contributed by atoms with Crippen molar-refractivity contribution < 1.29 is 9.90 Å². The molecular formula is C10H15NO2. The number of carbonyl (C=O) groups excluding carboxylic acids is 1. The minimum Gasteiger partial charge on any atom is -0.386 e. The van der Waals surface area contributed by atoms with Gasteiger partial charge < -0.3 is 10.0 Å². The molecule has 0 radical (unpaired) electrons. The highest BCUT2D eigenvalue weighted by Gasteiger charge is 2.45. The van der Waals surface area contributed by atoms with E-state index in [-0.39, 0.29) is 11.8 Å². The van der Waals surface area contributed by atoms with Crippen LogP contribution in [0, 0.1) is 17.8 Å². The van der Waals surface area contributed by atoms with Gasteiger partial charge in [-0.3, -0.25) is 4.79 Å². The highest BCUT2D eigenvalue weighted by atomic mass is 16.3. The average molecular weight is 181 g/mol. The van der Waals surface area contributed by atoms with Crippen molar-refractivity contribution in [2.24, 2.45) is 5.92 Å². The lowest BCUT2D eigenvalue weighted by Gasteiger charge is -2.48. The second-order valence-corrected chi connectivity index (χ2v) is 3.79. The fourth-order valence-electron chi connectivity index (χ4n) is 1.31. The lowest BCUT2D eigenvalue weighted by Crippen LogP contribution is -2.65. The normalized spacial score (nSPS) is 19.0. The quantitative estimate of drug-likeness (QED) is 0.589. The molecule has 3 nitrogen and oxygen atoms in total. The predicted octanol–water partition coefficient (Wildman–Crippen LogP) is 0.239. The number of carbonyl (C=O) groups is 1. The molecule has 0 spiro atoms. The number of aliphatic hydroxyl groups is 1. The van der Waals surface area contributed by atoms with E-state index in [4.69, 9.17) is 0 Å². The second kappa shape index (κ2) is 3.39. The summed E-state index contributed by atoms with van der Waals surface area (Å²) in [4.78, 5) is 12.7. The van der Waals surface area contributed by atoms with Crippen molar-refractivity contribution in [3.05, 3.63) is 0 Å². The van der Waals surface area contributed by atoms with E-state index in [9.17, 15) is 9.90 Å². The third kappa shape index (κ3) is 1.84. The first-order chi connectivity index (χ1) is 5.99. The standard InChI is InChI=1S/C10H15NO2/c1-4-5-9(12)11-6-10(13,7-11)8(2)3/h8,13H,6-7H2,1-3H3. The molecule has 72 valence electrons. The van der Waals surface area contributed by atoms with Crippen molar-refractivity contribution >= 4 is 5.91 Å². The third-order valence-corrected chi connectivity index (χ3v) is 2.52. The Bertz CT molecular complexity index is 266. The molecule has 1 amide bonds. The van der Waals surface area contributed by atoms with Crippen LogP contribution in [-0.4, -0.2) is 34.6 Å². The molecular weight excluding hydrogens is 166 g/mol. The van der Waals surface area contributed by atoms with Gasteiger partial charge in [-0.25, -0.2) is 0 Å². The molecule has 1 saturated heterocycles. The zero-order valence-electron chi connectivity index (χ0n) is 8.29.